The summed E-state index contributed by atoms with van der Waals surface area (Å²) in [6.07, 6.45) is 1.17. The second-order valence-corrected chi connectivity index (χ2v) is 6.83. The number of rotatable bonds is 7. The van der Waals surface area contributed by atoms with Crippen molar-refractivity contribution < 1.29 is 9.53 Å². The number of halogens is 1. The van der Waals surface area contributed by atoms with Crippen LogP contribution in [0.4, 0.5) is 5.13 Å². The molecule has 22 heavy (non-hydrogen) atoms. The Bertz CT molecular complexity index is 643. The maximum Gasteiger partial charge on any atom is 0.228 e. The molecule has 0 atom stereocenters. The average molecular weight is 383 g/mol. The van der Waals surface area contributed by atoms with Gasteiger partial charge in [-0.1, -0.05) is 28.1 Å². The molecule has 118 valence electrons. The molecule has 0 saturated carbocycles. The molecular weight excluding hydrogens is 364 g/mol. The van der Waals surface area contributed by atoms with Crippen LogP contribution in [0.15, 0.2) is 28.7 Å². The maximum absolute atomic E-state index is 11.8. The first-order chi connectivity index (χ1) is 10.6. The Morgan fingerprint density at radius 3 is 3.00 bits per heavy atom. The molecule has 0 spiro atoms. The summed E-state index contributed by atoms with van der Waals surface area (Å²) in [6, 6.07) is 8.21. The largest absolute Gasteiger partial charge is 0.381 e. The van der Waals surface area contributed by atoms with Gasteiger partial charge in [-0.25, -0.2) is 4.98 Å². The number of carbonyl (C=O) groups excluding carboxylic acids is 1. The van der Waals surface area contributed by atoms with E-state index in [1.807, 2.05) is 26.0 Å². The maximum atomic E-state index is 11.8. The Balaban J connectivity index is 1.97. The number of aryl methyl sites for hydroxylation is 1. The van der Waals surface area contributed by atoms with Crippen LogP contribution in [0.1, 0.15) is 29.5 Å². The van der Waals surface area contributed by atoms with E-state index in [0.717, 1.165) is 16.6 Å². The Hall–Kier alpha value is -1.24. The van der Waals surface area contributed by atoms with Gasteiger partial charge in [0, 0.05) is 22.4 Å². The second-order valence-electron chi connectivity index (χ2n) is 4.83. The third-order valence-electron chi connectivity index (χ3n) is 3.07. The minimum Gasteiger partial charge on any atom is -0.381 e. The standard InChI is InChI=1S/C16H19BrN2O2S/c1-3-21-8-7-15(20)19-16-18-11(2)14(22-16)10-12-5-4-6-13(17)9-12/h4-6,9H,3,7-8,10H2,1-2H3,(H,18,19,20). The first kappa shape index (κ1) is 17.1. The lowest BCUT2D eigenvalue weighted by atomic mass is 10.1. The smallest absolute Gasteiger partial charge is 0.228 e. The van der Waals surface area contributed by atoms with E-state index < -0.39 is 0 Å². The number of aromatic nitrogens is 1. The molecule has 2 aromatic rings. The molecule has 1 N–H and O–H groups in total. The summed E-state index contributed by atoms with van der Waals surface area (Å²) in [4.78, 5) is 17.4. The highest BCUT2D eigenvalue weighted by molar-refractivity contribution is 9.10. The number of anilines is 1. The topological polar surface area (TPSA) is 51.2 Å². The number of thiazole rings is 1. The number of hydrogen-bond donors (Lipinski definition) is 1. The van der Waals surface area contributed by atoms with E-state index in [2.05, 4.69) is 38.4 Å². The molecule has 0 aliphatic carbocycles. The molecule has 0 radical (unpaired) electrons. The van der Waals surface area contributed by atoms with Crippen LogP contribution in [0.3, 0.4) is 0 Å². The molecule has 6 heteroatoms. The number of amides is 1. The second kappa shape index (κ2) is 8.41. The minimum absolute atomic E-state index is 0.0591. The van der Waals surface area contributed by atoms with Gasteiger partial charge >= 0.3 is 0 Å². The van der Waals surface area contributed by atoms with Gasteiger partial charge in [0.1, 0.15) is 0 Å². The molecule has 0 fully saturated rings. The minimum atomic E-state index is -0.0591. The van der Waals surface area contributed by atoms with Gasteiger partial charge in [-0.15, -0.1) is 11.3 Å². The van der Waals surface area contributed by atoms with Crippen LogP contribution in [0.5, 0.6) is 0 Å². The molecule has 0 saturated heterocycles. The Morgan fingerprint density at radius 2 is 2.27 bits per heavy atom. The lowest BCUT2D eigenvalue weighted by Crippen LogP contribution is -2.13. The Labute approximate surface area is 143 Å². The van der Waals surface area contributed by atoms with Gasteiger partial charge in [0.2, 0.25) is 5.91 Å². The van der Waals surface area contributed by atoms with Crippen LogP contribution in [-0.4, -0.2) is 24.1 Å². The van der Waals surface area contributed by atoms with E-state index in [-0.39, 0.29) is 5.91 Å². The molecule has 1 aromatic carbocycles. The number of ether oxygens (including phenoxy) is 1. The quantitative estimate of drug-likeness (QED) is 0.731. The van der Waals surface area contributed by atoms with Gasteiger partial charge in [0.05, 0.1) is 18.7 Å². The van der Waals surface area contributed by atoms with Crippen molar-refractivity contribution in [2.75, 3.05) is 18.5 Å². The normalized spacial score (nSPS) is 10.7. The van der Waals surface area contributed by atoms with Gasteiger partial charge in [0.15, 0.2) is 5.13 Å². The van der Waals surface area contributed by atoms with Gasteiger partial charge in [-0.05, 0) is 31.5 Å². The molecule has 4 nitrogen and oxygen atoms in total. The molecule has 0 unspecified atom stereocenters. The van der Waals surface area contributed by atoms with E-state index in [9.17, 15) is 4.79 Å². The van der Waals surface area contributed by atoms with Crippen LogP contribution in [0.2, 0.25) is 0 Å². The molecule has 0 bridgehead atoms. The average Bonchev–Trinajstić information content (AvgIpc) is 2.79. The van der Waals surface area contributed by atoms with E-state index in [0.29, 0.717) is 24.8 Å². The van der Waals surface area contributed by atoms with Crippen molar-refractivity contribution in [1.29, 1.82) is 0 Å². The third kappa shape index (κ3) is 5.19. The van der Waals surface area contributed by atoms with Crippen molar-refractivity contribution >= 4 is 38.3 Å². The number of nitrogens with zero attached hydrogens (tertiary/aromatic N) is 1. The first-order valence-electron chi connectivity index (χ1n) is 7.17. The van der Waals surface area contributed by atoms with E-state index in [4.69, 9.17) is 4.74 Å². The first-order valence-corrected chi connectivity index (χ1v) is 8.77. The van der Waals surface area contributed by atoms with Gasteiger partial charge < -0.3 is 10.1 Å². The molecule has 2 rings (SSSR count). The SMILES string of the molecule is CCOCCC(=O)Nc1nc(C)c(Cc2cccc(Br)c2)s1. The van der Waals surface area contributed by atoms with Crippen LogP contribution < -0.4 is 5.32 Å². The van der Waals surface area contributed by atoms with Crippen molar-refractivity contribution in [1.82, 2.24) is 4.98 Å². The number of nitrogens with one attached hydrogen (secondary N) is 1. The van der Waals surface area contributed by atoms with Gasteiger partial charge in [-0.2, -0.15) is 0 Å². The molecule has 1 aromatic heterocycles. The van der Waals surface area contributed by atoms with E-state index >= 15 is 0 Å². The molecular formula is C16H19BrN2O2S. The van der Waals surface area contributed by atoms with Gasteiger partial charge in [0.25, 0.3) is 0 Å². The monoisotopic (exact) mass is 382 g/mol. The number of benzene rings is 1. The zero-order chi connectivity index (χ0) is 15.9. The summed E-state index contributed by atoms with van der Waals surface area (Å²) in [5.74, 6) is -0.0591. The highest BCUT2D eigenvalue weighted by atomic mass is 79.9. The zero-order valence-electron chi connectivity index (χ0n) is 12.7. The highest BCUT2D eigenvalue weighted by Crippen LogP contribution is 2.26. The molecule has 1 amide bonds. The zero-order valence-corrected chi connectivity index (χ0v) is 15.1. The van der Waals surface area contributed by atoms with E-state index in [1.165, 1.54) is 21.8 Å². The molecule has 0 aliphatic heterocycles. The fourth-order valence-corrected chi connectivity index (χ4v) is 3.43. The lowest BCUT2D eigenvalue weighted by molar-refractivity contribution is -0.117. The van der Waals surface area contributed by atoms with Crippen LogP contribution >= 0.6 is 27.3 Å². The number of hydrogen-bond acceptors (Lipinski definition) is 4. The number of carbonyl (C=O) groups is 1. The summed E-state index contributed by atoms with van der Waals surface area (Å²) in [6.45, 7) is 4.95. The van der Waals surface area contributed by atoms with Crippen molar-refractivity contribution in [3.05, 3.63) is 44.9 Å². The van der Waals surface area contributed by atoms with Crippen LogP contribution in [0, 0.1) is 6.92 Å². The fourth-order valence-electron chi connectivity index (χ4n) is 1.97. The summed E-state index contributed by atoms with van der Waals surface area (Å²) in [5.41, 5.74) is 2.18. The predicted octanol–water partition coefficient (Wildman–Crippen LogP) is 4.17. The Kier molecular flexibility index (Phi) is 6.54. The molecule has 1 heterocycles. The van der Waals surface area contributed by atoms with Crippen molar-refractivity contribution in [2.45, 2.75) is 26.7 Å². The van der Waals surface area contributed by atoms with Crippen LogP contribution in [0.25, 0.3) is 0 Å². The summed E-state index contributed by atoms with van der Waals surface area (Å²) in [5, 5.41) is 3.49. The molecule has 0 aliphatic rings. The summed E-state index contributed by atoms with van der Waals surface area (Å²) in [7, 11) is 0. The Morgan fingerprint density at radius 1 is 1.45 bits per heavy atom. The van der Waals surface area contributed by atoms with Crippen molar-refractivity contribution in [2.24, 2.45) is 0 Å². The predicted molar refractivity (Wildman–Crippen MR) is 93.5 cm³/mol. The van der Waals surface area contributed by atoms with Crippen molar-refractivity contribution in [3.8, 4) is 0 Å². The van der Waals surface area contributed by atoms with Gasteiger partial charge in [-0.3, -0.25) is 4.79 Å². The fraction of sp³-hybridized carbons (Fsp3) is 0.375. The van der Waals surface area contributed by atoms with Crippen molar-refractivity contribution in [3.63, 3.8) is 0 Å². The highest BCUT2D eigenvalue weighted by Gasteiger charge is 2.11. The summed E-state index contributed by atoms with van der Waals surface area (Å²) >= 11 is 5.01. The van der Waals surface area contributed by atoms with Crippen LogP contribution in [-0.2, 0) is 16.0 Å². The summed E-state index contributed by atoms with van der Waals surface area (Å²) < 4.78 is 6.25. The third-order valence-corrected chi connectivity index (χ3v) is 4.64. The van der Waals surface area contributed by atoms with E-state index in [1.54, 1.807) is 0 Å². The lowest BCUT2D eigenvalue weighted by Gasteiger charge is -2.01.